The quantitative estimate of drug-likeness (QED) is 0.287. The number of carbonyl (C=O) groups is 1. The van der Waals surface area contributed by atoms with Crippen molar-refractivity contribution in [1.82, 2.24) is 10.3 Å². The third kappa shape index (κ3) is 4.58. The Morgan fingerprint density at radius 3 is 2.19 bits per heavy atom. The Labute approximate surface area is 220 Å². The van der Waals surface area contributed by atoms with Gasteiger partial charge in [-0.3, -0.25) is 4.79 Å². The number of thioether (sulfide) groups is 1. The van der Waals surface area contributed by atoms with Crippen LogP contribution in [-0.4, -0.2) is 27.6 Å². The number of nitrogens with one attached hydrogen (secondary N) is 1. The number of benzene rings is 3. The van der Waals surface area contributed by atoms with E-state index in [-0.39, 0.29) is 34.4 Å². The lowest BCUT2D eigenvalue weighted by molar-refractivity contribution is -0.125. The van der Waals surface area contributed by atoms with Gasteiger partial charge in [-0.2, -0.15) is 0 Å². The molecule has 0 spiro atoms. The van der Waals surface area contributed by atoms with Crippen molar-refractivity contribution >= 4 is 29.3 Å². The van der Waals surface area contributed by atoms with E-state index in [9.17, 15) is 4.79 Å². The second-order valence-electron chi connectivity index (χ2n) is 9.55. The van der Waals surface area contributed by atoms with Crippen LogP contribution in [0.5, 0.6) is 0 Å². The Kier molecular flexibility index (Phi) is 6.60. The molecule has 2 heterocycles. The molecule has 0 radical (unpaired) electrons. The van der Waals surface area contributed by atoms with E-state index in [2.05, 4.69) is 17.4 Å². The van der Waals surface area contributed by atoms with Gasteiger partial charge in [-0.1, -0.05) is 103 Å². The number of amides is 1. The molecule has 2 fully saturated rings. The molecule has 36 heavy (non-hydrogen) atoms. The van der Waals surface area contributed by atoms with Crippen LogP contribution in [0, 0.1) is 5.92 Å². The molecule has 1 aromatic heterocycles. The first-order valence-electron chi connectivity index (χ1n) is 12.4. The average molecular weight is 515 g/mol. The molecule has 6 rings (SSSR count). The maximum atomic E-state index is 13.5. The van der Waals surface area contributed by atoms with Gasteiger partial charge in [-0.15, -0.1) is 11.6 Å². The number of hydrogen-bond acceptors (Lipinski definition) is 4. The highest BCUT2D eigenvalue weighted by Crippen LogP contribution is 2.48. The molecule has 182 valence electrons. The molecule has 1 saturated heterocycles. The molecule has 6 heteroatoms. The molecule has 3 aromatic carbocycles. The van der Waals surface area contributed by atoms with Gasteiger partial charge >= 0.3 is 0 Å². The highest BCUT2D eigenvalue weighted by molar-refractivity contribution is 8.00. The van der Waals surface area contributed by atoms with Crippen molar-refractivity contribution in [3.63, 3.8) is 0 Å². The molecule has 4 aromatic rings. The van der Waals surface area contributed by atoms with Gasteiger partial charge in [-0.25, -0.2) is 4.98 Å². The zero-order valence-corrected chi connectivity index (χ0v) is 21.3. The smallest absolute Gasteiger partial charge is 0.257 e. The van der Waals surface area contributed by atoms with E-state index in [1.54, 1.807) is 0 Å². The molecular weight excluding hydrogens is 488 g/mol. The predicted molar refractivity (Wildman–Crippen MR) is 145 cm³/mol. The Morgan fingerprint density at radius 1 is 0.861 bits per heavy atom. The van der Waals surface area contributed by atoms with Crippen LogP contribution in [0.2, 0.25) is 0 Å². The van der Waals surface area contributed by atoms with Crippen LogP contribution in [0.3, 0.4) is 0 Å². The molecule has 1 saturated carbocycles. The fraction of sp³-hybridized carbons (Fsp3) is 0.267. The number of piperidine rings is 1. The van der Waals surface area contributed by atoms with Gasteiger partial charge in [0.05, 0.1) is 5.25 Å². The number of carbonyl (C=O) groups excluding carboxylic acids is 1. The van der Waals surface area contributed by atoms with Crippen LogP contribution in [0.1, 0.15) is 30.7 Å². The molecule has 4 nitrogen and oxygen atoms in total. The third-order valence-corrected chi connectivity index (χ3v) is 8.85. The summed E-state index contributed by atoms with van der Waals surface area (Å²) in [6.07, 6.45) is 2.74. The fourth-order valence-electron chi connectivity index (χ4n) is 5.64. The topological polar surface area (TPSA) is 55.1 Å². The standard InChI is InChI=1S/C30H27ClN2O2S/c31-22-16-17-24-23(18-22)25(19-10-4-1-5-11-19)28(29(34)32-24)36-30-33-26(20-12-6-2-7-13-20)27(35-30)21-14-8-3-9-15-21/h1-15,22-25,28H,16-18H2,(H,32,34). The summed E-state index contributed by atoms with van der Waals surface area (Å²) in [5, 5.41) is 3.58. The summed E-state index contributed by atoms with van der Waals surface area (Å²) in [5.41, 5.74) is 3.90. The minimum absolute atomic E-state index is 0.0313. The maximum Gasteiger partial charge on any atom is 0.257 e. The lowest BCUT2D eigenvalue weighted by Gasteiger charge is -2.46. The second kappa shape index (κ2) is 10.2. The van der Waals surface area contributed by atoms with Crippen LogP contribution in [0.25, 0.3) is 22.6 Å². The van der Waals surface area contributed by atoms with Gasteiger partial charge in [0.1, 0.15) is 5.69 Å². The van der Waals surface area contributed by atoms with Crippen molar-refractivity contribution in [3.05, 3.63) is 96.6 Å². The summed E-state index contributed by atoms with van der Waals surface area (Å²) < 4.78 is 6.39. The predicted octanol–water partition coefficient (Wildman–Crippen LogP) is 7.16. The lowest BCUT2D eigenvalue weighted by Crippen LogP contribution is -2.57. The lowest BCUT2D eigenvalue weighted by atomic mass is 9.69. The van der Waals surface area contributed by atoms with Gasteiger partial charge < -0.3 is 9.73 Å². The van der Waals surface area contributed by atoms with Gasteiger partial charge in [0, 0.05) is 28.5 Å². The number of fused-ring (bicyclic) bond motifs is 1. The van der Waals surface area contributed by atoms with Crippen LogP contribution >= 0.6 is 23.4 Å². The van der Waals surface area contributed by atoms with E-state index in [0.717, 1.165) is 36.1 Å². The molecule has 1 aliphatic heterocycles. The maximum absolute atomic E-state index is 13.5. The molecule has 5 atom stereocenters. The van der Waals surface area contributed by atoms with E-state index in [4.69, 9.17) is 21.0 Å². The number of alkyl halides is 1. The Bertz CT molecular complexity index is 1270. The molecule has 1 aliphatic carbocycles. The van der Waals surface area contributed by atoms with E-state index < -0.39 is 0 Å². The zero-order valence-electron chi connectivity index (χ0n) is 19.7. The van der Waals surface area contributed by atoms with Crippen molar-refractivity contribution in [1.29, 1.82) is 0 Å². The Hall–Kier alpha value is -3.02. The molecular formula is C30H27ClN2O2S. The average Bonchev–Trinajstić information content (AvgIpc) is 3.35. The number of nitrogens with zero attached hydrogens (tertiary/aromatic N) is 1. The first-order valence-corrected chi connectivity index (χ1v) is 13.8. The summed E-state index contributed by atoms with van der Waals surface area (Å²) in [7, 11) is 0. The number of halogens is 1. The normalized spacial score (nSPS) is 25.7. The van der Waals surface area contributed by atoms with Crippen molar-refractivity contribution in [3.8, 4) is 22.6 Å². The molecule has 2 aliphatic rings. The van der Waals surface area contributed by atoms with E-state index in [0.29, 0.717) is 11.0 Å². The third-order valence-electron chi connectivity index (χ3n) is 7.31. The molecule has 1 amide bonds. The van der Waals surface area contributed by atoms with Crippen LogP contribution in [-0.2, 0) is 4.79 Å². The number of rotatable bonds is 5. The first kappa shape index (κ1) is 23.4. The number of oxazole rings is 1. The summed E-state index contributed by atoms with van der Waals surface area (Å²) in [4.78, 5) is 18.4. The number of aromatic nitrogens is 1. The van der Waals surface area contributed by atoms with E-state index in [1.165, 1.54) is 17.3 Å². The molecule has 5 unspecified atom stereocenters. The van der Waals surface area contributed by atoms with Crippen LogP contribution in [0.15, 0.2) is 101 Å². The van der Waals surface area contributed by atoms with Crippen LogP contribution < -0.4 is 5.32 Å². The highest BCUT2D eigenvalue weighted by atomic mass is 35.5. The van der Waals surface area contributed by atoms with Gasteiger partial charge in [0.25, 0.3) is 5.22 Å². The van der Waals surface area contributed by atoms with Crippen molar-refractivity contribution in [2.24, 2.45) is 5.92 Å². The van der Waals surface area contributed by atoms with Gasteiger partial charge in [0.2, 0.25) is 5.91 Å². The van der Waals surface area contributed by atoms with E-state index >= 15 is 0 Å². The highest BCUT2D eigenvalue weighted by Gasteiger charge is 2.48. The number of hydrogen-bond donors (Lipinski definition) is 1. The van der Waals surface area contributed by atoms with Crippen molar-refractivity contribution in [2.75, 3.05) is 0 Å². The van der Waals surface area contributed by atoms with Gasteiger partial charge in [-0.05, 0) is 30.7 Å². The fourth-order valence-corrected chi connectivity index (χ4v) is 7.15. The van der Waals surface area contributed by atoms with Crippen LogP contribution in [0.4, 0.5) is 0 Å². The minimum atomic E-state index is -0.360. The summed E-state index contributed by atoms with van der Waals surface area (Å²) >= 11 is 8.07. The second-order valence-corrected chi connectivity index (χ2v) is 11.3. The zero-order chi connectivity index (χ0) is 24.5. The molecule has 0 bridgehead atoms. The Morgan fingerprint density at radius 2 is 1.50 bits per heavy atom. The summed E-state index contributed by atoms with van der Waals surface area (Å²) in [6.45, 7) is 0. The largest absolute Gasteiger partial charge is 0.431 e. The summed E-state index contributed by atoms with van der Waals surface area (Å²) in [5.74, 6) is 1.07. The SMILES string of the molecule is O=C1NC2CCC(Cl)CC2C(c2ccccc2)C1Sc1nc(-c2ccccc2)c(-c2ccccc2)o1. The Balaban J connectivity index is 1.40. The van der Waals surface area contributed by atoms with E-state index in [1.807, 2.05) is 78.9 Å². The monoisotopic (exact) mass is 514 g/mol. The van der Waals surface area contributed by atoms with Crippen molar-refractivity contribution < 1.29 is 9.21 Å². The molecule has 1 N–H and O–H groups in total. The van der Waals surface area contributed by atoms with Gasteiger partial charge in [0.15, 0.2) is 5.76 Å². The summed E-state index contributed by atoms with van der Waals surface area (Å²) in [6, 6.07) is 30.6. The first-order chi connectivity index (χ1) is 17.7. The minimum Gasteiger partial charge on any atom is -0.431 e. The van der Waals surface area contributed by atoms with Crippen molar-refractivity contribution in [2.45, 2.75) is 47.1 Å².